The Morgan fingerprint density at radius 2 is 1.84 bits per heavy atom. The van der Waals surface area contributed by atoms with Gasteiger partial charge in [0.2, 0.25) is 0 Å². The first-order valence-corrected chi connectivity index (χ1v) is 10.3. The number of nitrogens with one attached hydrogen (secondary N) is 1. The summed E-state index contributed by atoms with van der Waals surface area (Å²) < 4.78 is 33.6. The molecule has 31 heavy (non-hydrogen) atoms. The van der Waals surface area contributed by atoms with Crippen LogP contribution in [0.2, 0.25) is 0 Å². The van der Waals surface area contributed by atoms with Crippen molar-refractivity contribution < 1.29 is 23.1 Å². The zero-order valence-corrected chi connectivity index (χ0v) is 17.4. The molecule has 0 aliphatic heterocycles. The van der Waals surface area contributed by atoms with E-state index in [9.17, 15) is 18.4 Å². The molecule has 3 heterocycles. The molecule has 1 aromatic carbocycles. The Bertz CT molecular complexity index is 1300. The summed E-state index contributed by atoms with van der Waals surface area (Å²) in [4.78, 5) is 30.0. The lowest BCUT2D eigenvalue weighted by Gasteiger charge is -2.09. The summed E-state index contributed by atoms with van der Waals surface area (Å²) in [6, 6.07) is 8.40. The number of carbonyl (C=O) groups excluding carboxylic acids is 2. The van der Waals surface area contributed by atoms with Gasteiger partial charge in [0.05, 0.1) is 12.3 Å². The van der Waals surface area contributed by atoms with E-state index in [1.807, 2.05) is 0 Å². The van der Waals surface area contributed by atoms with Gasteiger partial charge in [-0.05, 0) is 43.7 Å². The summed E-state index contributed by atoms with van der Waals surface area (Å²) in [7, 11) is 0. The second kappa shape index (κ2) is 8.27. The molecule has 0 saturated heterocycles. The molecule has 0 radical (unpaired) electrons. The van der Waals surface area contributed by atoms with Crippen LogP contribution in [-0.2, 0) is 4.74 Å². The number of aromatic nitrogens is 2. The Morgan fingerprint density at radius 3 is 2.55 bits per heavy atom. The lowest BCUT2D eigenvalue weighted by Crippen LogP contribution is -2.17. The van der Waals surface area contributed by atoms with Crippen molar-refractivity contribution in [1.82, 2.24) is 9.38 Å². The van der Waals surface area contributed by atoms with E-state index in [4.69, 9.17) is 4.74 Å². The molecule has 0 bridgehead atoms. The molecular formula is C22H17F2N3O3S. The summed E-state index contributed by atoms with van der Waals surface area (Å²) >= 11 is 1.14. The Labute approximate surface area is 180 Å². The van der Waals surface area contributed by atoms with Crippen LogP contribution in [0.15, 0.2) is 48.0 Å². The first-order valence-electron chi connectivity index (χ1n) is 9.39. The molecule has 0 saturated carbocycles. The van der Waals surface area contributed by atoms with E-state index in [0.29, 0.717) is 22.5 Å². The highest BCUT2D eigenvalue weighted by molar-refractivity contribution is 7.15. The molecule has 4 aromatic rings. The number of hydrogen-bond donors (Lipinski definition) is 1. The van der Waals surface area contributed by atoms with Crippen LogP contribution in [0.25, 0.3) is 16.8 Å². The standard InChI is InChI=1S/C22H17F2N3O3S/c1-3-30-22(29)18-16(13-4-6-14(23)7-5-13)11-31-21(18)26-20(28)19-12(2)25-17-9-8-15(24)10-27(17)19/h4-11H,3H2,1-2H3,(H,26,28). The topological polar surface area (TPSA) is 72.7 Å². The van der Waals surface area contributed by atoms with Crippen LogP contribution in [0.3, 0.4) is 0 Å². The van der Waals surface area contributed by atoms with Crippen LogP contribution >= 0.6 is 11.3 Å². The van der Waals surface area contributed by atoms with Crippen LogP contribution in [0, 0.1) is 18.6 Å². The molecule has 1 amide bonds. The minimum Gasteiger partial charge on any atom is -0.462 e. The SMILES string of the molecule is CCOC(=O)c1c(-c2ccc(F)cc2)csc1NC(=O)c1c(C)nc2ccc(F)cn12. The fourth-order valence-electron chi connectivity index (χ4n) is 3.27. The molecule has 1 N–H and O–H groups in total. The van der Waals surface area contributed by atoms with Gasteiger partial charge in [-0.25, -0.2) is 18.6 Å². The molecule has 0 fully saturated rings. The van der Waals surface area contributed by atoms with Crippen LogP contribution in [0.1, 0.15) is 33.5 Å². The van der Waals surface area contributed by atoms with E-state index in [0.717, 1.165) is 11.3 Å². The molecule has 6 nitrogen and oxygen atoms in total. The summed E-state index contributed by atoms with van der Waals surface area (Å²) in [6.45, 7) is 3.47. The van der Waals surface area contributed by atoms with Crippen molar-refractivity contribution in [1.29, 1.82) is 0 Å². The fraction of sp³-hybridized carbons (Fsp3) is 0.136. The minimum absolute atomic E-state index is 0.149. The number of pyridine rings is 1. The van der Waals surface area contributed by atoms with Crippen LogP contribution < -0.4 is 5.32 Å². The van der Waals surface area contributed by atoms with Gasteiger partial charge in [-0.1, -0.05) is 12.1 Å². The number of fused-ring (bicyclic) bond motifs is 1. The van der Waals surface area contributed by atoms with E-state index in [1.165, 1.54) is 34.9 Å². The highest BCUT2D eigenvalue weighted by atomic mass is 32.1. The number of amides is 1. The van der Waals surface area contributed by atoms with E-state index >= 15 is 0 Å². The number of hydrogen-bond acceptors (Lipinski definition) is 5. The number of thiophene rings is 1. The first kappa shape index (κ1) is 20.7. The summed E-state index contributed by atoms with van der Waals surface area (Å²) in [6.07, 6.45) is 1.18. The number of aryl methyl sites for hydroxylation is 1. The number of halogens is 2. The monoisotopic (exact) mass is 441 g/mol. The van der Waals surface area contributed by atoms with Crippen molar-refractivity contribution in [3.63, 3.8) is 0 Å². The smallest absolute Gasteiger partial charge is 0.341 e. The highest BCUT2D eigenvalue weighted by Gasteiger charge is 2.25. The number of rotatable bonds is 5. The van der Waals surface area contributed by atoms with Crippen molar-refractivity contribution in [2.24, 2.45) is 0 Å². The van der Waals surface area contributed by atoms with E-state index < -0.39 is 23.5 Å². The normalized spacial score (nSPS) is 11.0. The van der Waals surface area contributed by atoms with Crippen molar-refractivity contribution in [2.45, 2.75) is 13.8 Å². The van der Waals surface area contributed by atoms with E-state index in [-0.39, 0.29) is 22.9 Å². The van der Waals surface area contributed by atoms with Gasteiger partial charge in [0.25, 0.3) is 5.91 Å². The lowest BCUT2D eigenvalue weighted by atomic mass is 10.0. The second-order valence-corrected chi connectivity index (χ2v) is 7.54. The predicted molar refractivity (Wildman–Crippen MR) is 114 cm³/mol. The molecule has 3 aromatic heterocycles. The second-order valence-electron chi connectivity index (χ2n) is 6.66. The average Bonchev–Trinajstić information content (AvgIpc) is 3.28. The molecule has 0 atom stereocenters. The first-order chi connectivity index (χ1) is 14.9. The number of imidazole rings is 1. The maximum Gasteiger partial charge on any atom is 0.341 e. The number of ether oxygens (including phenoxy) is 1. The third-order valence-electron chi connectivity index (χ3n) is 4.62. The van der Waals surface area contributed by atoms with Crippen molar-refractivity contribution in [3.05, 3.63) is 76.6 Å². The molecule has 0 aliphatic rings. The van der Waals surface area contributed by atoms with Gasteiger partial charge >= 0.3 is 5.97 Å². The predicted octanol–water partition coefficient (Wildman–Crippen LogP) is 5.08. The molecule has 4 rings (SSSR count). The van der Waals surface area contributed by atoms with Gasteiger partial charge in [0.1, 0.15) is 33.5 Å². The highest BCUT2D eigenvalue weighted by Crippen LogP contribution is 2.36. The Morgan fingerprint density at radius 1 is 1.13 bits per heavy atom. The van der Waals surface area contributed by atoms with Gasteiger partial charge in [0.15, 0.2) is 0 Å². The van der Waals surface area contributed by atoms with Crippen molar-refractivity contribution in [2.75, 3.05) is 11.9 Å². The summed E-state index contributed by atoms with van der Waals surface area (Å²) in [5.41, 5.74) is 2.28. The number of anilines is 1. The van der Waals surface area contributed by atoms with Gasteiger partial charge in [-0.15, -0.1) is 11.3 Å². The lowest BCUT2D eigenvalue weighted by molar-refractivity contribution is 0.0529. The van der Waals surface area contributed by atoms with Crippen LogP contribution in [0.5, 0.6) is 0 Å². The minimum atomic E-state index is -0.612. The van der Waals surface area contributed by atoms with Gasteiger partial charge in [0, 0.05) is 17.1 Å². The maximum atomic E-state index is 13.7. The Kier molecular flexibility index (Phi) is 5.51. The number of esters is 1. The fourth-order valence-corrected chi connectivity index (χ4v) is 4.22. The molecule has 0 aliphatic carbocycles. The number of benzene rings is 1. The zero-order chi connectivity index (χ0) is 22.1. The Balaban J connectivity index is 1.76. The summed E-state index contributed by atoms with van der Waals surface area (Å²) in [5.74, 6) is -2.07. The van der Waals surface area contributed by atoms with Gasteiger partial charge < -0.3 is 10.1 Å². The number of nitrogens with zero attached hydrogens (tertiary/aromatic N) is 2. The third kappa shape index (κ3) is 3.91. The maximum absolute atomic E-state index is 13.7. The molecule has 0 spiro atoms. The van der Waals surface area contributed by atoms with E-state index in [1.54, 1.807) is 31.4 Å². The zero-order valence-electron chi connectivity index (χ0n) is 16.6. The molecule has 158 valence electrons. The van der Waals surface area contributed by atoms with Gasteiger partial charge in [-0.3, -0.25) is 9.20 Å². The molecular weight excluding hydrogens is 424 g/mol. The number of carbonyl (C=O) groups is 2. The average molecular weight is 441 g/mol. The molecule has 9 heteroatoms. The van der Waals surface area contributed by atoms with Crippen LogP contribution in [0.4, 0.5) is 13.8 Å². The third-order valence-corrected chi connectivity index (χ3v) is 5.52. The summed E-state index contributed by atoms with van der Waals surface area (Å²) in [5, 5.41) is 4.69. The molecule has 0 unspecified atom stereocenters. The quantitative estimate of drug-likeness (QED) is 0.439. The van der Waals surface area contributed by atoms with Gasteiger partial charge in [-0.2, -0.15) is 0 Å². The largest absolute Gasteiger partial charge is 0.462 e. The van der Waals surface area contributed by atoms with Crippen molar-refractivity contribution in [3.8, 4) is 11.1 Å². The van der Waals surface area contributed by atoms with E-state index in [2.05, 4.69) is 10.3 Å². The Hall–Kier alpha value is -3.59. The van der Waals surface area contributed by atoms with Crippen LogP contribution in [-0.4, -0.2) is 27.9 Å². The van der Waals surface area contributed by atoms with Crippen molar-refractivity contribution >= 4 is 33.9 Å².